The van der Waals surface area contributed by atoms with Crippen LogP contribution in [-0.4, -0.2) is 76.1 Å². The number of amides is 2. The van der Waals surface area contributed by atoms with Crippen molar-refractivity contribution in [2.45, 2.75) is 6.42 Å². The molecule has 0 bridgehead atoms. The largest absolute Gasteiger partial charge is 0.497 e. The van der Waals surface area contributed by atoms with Gasteiger partial charge >= 0.3 is 0 Å². The number of piperazine rings is 1. The fourth-order valence-corrected chi connectivity index (χ4v) is 4.34. The van der Waals surface area contributed by atoms with Crippen LogP contribution in [0.5, 0.6) is 5.75 Å². The minimum atomic E-state index is -0.321. The lowest BCUT2D eigenvalue weighted by molar-refractivity contribution is -0.136. The van der Waals surface area contributed by atoms with E-state index < -0.39 is 0 Å². The zero-order chi connectivity index (χ0) is 22.8. The topological polar surface area (TPSA) is 96.7 Å². The van der Waals surface area contributed by atoms with Crippen LogP contribution >= 0.6 is 0 Å². The van der Waals surface area contributed by atoms with Gasteiger partial charge in [-0.2, -0.15) is 0 Å². The molecule has 1 atom stereocenters. The maximum atomic E-state index is 13.1. The van der Waals surface area contributed by atoms with Crippen molar-refractivity contribution < 1.29 is 14.3 Å². The van der Waals surface area contributed by atoms with E-state index in [1.807, 2.05) is 46.0 Å². The van der Waals surface area contributed by atoms with Gasteiger partial charge in [0.1, 0.15) is 30.0 Å². The molecule has 10 nitrogen and oxygen atoms in total. The number of nitrogens with zero attached hydrogens (tertiary/aromatic N) is 7. The van der Waals surface area contributed by atoms with Crippen molar-refractivity contribution in [1.29, 1.82) is 0 Å². The molecule has 1 aromatic carbocycles. The van der Waals surface area contributed by atoms with Gasteiger partial charge in [0.25, 0.3) is 0 Å². The van der Waals surface area contributed by atoms with Crippen LogP contribution in [0.4, 0.5) is 11.5 Å². The molecule has 170 valence electrons. The van der Waals surface area contributed by atoms with Gasteiger partial charge in [-0.15, -0.1) is 0 Å². The SMILES string of the molecule is COc1ccc(N2CC(C(=O)N3CCN(c4cc(-n5ccnc5)ncn4)CC3)CC2=O)cc1. The maximum Gasteiger partial charge on any atom is 0.228 e. The third-order valence-corrected chi connectivity index (χ3v) is 6.18. The van der Waals surface area contributed by atoms with Crippen LogP contribution in [0.2, 0.25) is 0 Å². The molecule has 2 aromatic heterocycles. The zero-order valence-corrected chi connectivity index (χ0v) is 18.4. The number of methoxy groups -OCH3 is 1. The van der Waals surface area contributed by atoms with Crippen molar-refractivity contribution in [1.82, 2.24) is 24.4 Å². The molecule has 0 N–H and O–H groups in total. The molecule has 2 aliphatic rings. The van der Waals surface area contributed by atoms with Crippen molar-refractivity contribution in [2.24, 2.45) is 5.92 Å². The average molecular weight is 447 g/mol. The molecule has 10 heteroatoms. The summed E-state index contributed by atoms with van der Waals surface area (Å²) in [7, 11) is 1.61. The molecule has 0 aliphatic carbocycles. The quantitative estimate of drug-likeness (QED) is 0.583. The molecule has 2 saturated heterocycles. The number of imidazole rings is 1. The van der Waals surface area contributed by atoms with E-state index in [2.05, 4.69) is 19.9 Å². The summed E-state index contributed by atoms with van der Waals surface area (Å²) in [5, 5.41) is 0. The van der Waals surface area contributed by atoms with E-state index in [9.17, 15) is 9.59 Å². The van der Waals surface area contributed by atoms with E-state index in [-0.39, 0.29) is 24.2 Å². The van der Waals surface area contributed by atoms with Crippen molar-refractivity contribution >= 4 is 23.3 Å². The lowest BCUT2D eigenvalue weighted by atomic mass is 10.1. The fourth-order valence-electron chi connectivity index (χ4n) is 4.34. The molecule has 1 unspecified atom stereocenters. The Morgan fingerprint density at radius 3 is 2.52 bits per heavy atom. The van der Waals surface area contributed by atoms with E-state index >= 15 is 0 Å². The standard InChI is InChI=1S/C23H25N7O3/c1-33-19-4-2-18(3-5-19)30-14-17(12-22(30)31)23(32)28-10-8-27(9-11-28)20-13-21(26-15-25-20)29-7-6-24-16-29/h2-7,13,15-17H,8-12,14H2,1H3. The maximum absolute atomic E-state index is 13.1. The lowest BCUT2D eigenvalue weighted by Gasteiger charge is -2.36. The summed E-state index contributed by atoms with van der Waals surface area (Å²) >= 11 is 0. The van der Waals surface area contributed by atoms with Crippen LogP contribution in [0, 0.1) is 5.92 Å². The van der Waals surface area contributed by atoms with Gasteiger partial charge < -0.3 is 19.4 Å². The molecular weight excluding hydrogens is 422 g/mol. The van der Waals surface area contributed by atoms with Gasteiger partial charge in [-0.1, -0.05) is 0 Å². The predicted octanol–water partition coefficient (Wildman–Crippen LogP) is 1.37. The van der Waals surface area contributed by atoms with Crippen LogP contribution in [0.1, 0.15) is 6.42 Å². The van der Waals surface area contributed by atoms with Crippen LogP contribution < -0.4 is 14.5 Å². The Bertz CT molecular complexity index is 1130. The van der Waals surface area contributed by atoms with E-state index in [0.717, 1.165) is 23.1 Å². The van der Waals surface area contributed by atoms with Crippen LogP contribution in [0.3, 0.4) is 0 Å². The zero-order valence-electron chi connectivity index (χ0n) is 18.4. The Hall–Kier alpha value is -3.95. The molecule has 5 rings (SSSR count). The second-order valence-corrected chi connectivity index (χ2v) is 8.12. The molecule has 3 aromatic rings. The minimum absolute atomic E-state index is 0.0230. The number of hydrogen-bond donors (Lipinski definition) is 0. The number of carbonyl (C=O) groups is 2. The fraction of sp³-hybridized carbons (Fsp3) is 0.348. The summed E-state index contributed by atoms with van der Waals surface area (Å²) in [6.45, 7) is 2.95. The summed E-state index contributed by atoms with van der Waals surface area (Å²) in [5.41, 5.74) is 0.790. The molecule has 2 amide bonds. The Balaban J connectivity index is 1.20. The predicted molar refractivity (Wildman–Crippen MR) is 121 cm³/mol. The first kappa shape index (κ1) is 20.9. The lowest BCUT2D eigenvalue weighted by Crippen LogP contribution is -2.51. The Morgan fingerprint density at radius 1 is 1.06 bits per heavy atom. The van der Waals surface area contributed by atoms with Gasteiger partial charge in [0.15, 0.2) is 0 Å². The highest BCUT2D eigenvalue weighted by molar-refractivity contribution is 6.00. The molecular formula is C23H25N7O3. The van der Waals surface area contributed by atoms with Gasteiger partial charge in [0.05, 0.1) is 13.0 Å². The molecule has 33 heavy (non-hydrogen) atoms. The highest BCUT2D eigenvalue weighted by Gasteiger charge is 2.38. The van der Waals surface area contributed by atoms with Crippen molar-refractivity contribution in [3.63, 3.8) is 0 Å². The second-order valence-electron chi connectivity index (χ2n) is 8.12. The van der Waals surface area contributed by atoms with Gasteiger partial charge in [0, 0.05) is 63.3 Å². The summed E-state index contributed by atoms with van der Waals surface area (Å²) < 4.78 is 7.01. The number of benzene rings is 1. The molecule has 0 radical (unpaired) electrons. The number of rotatable bonds is 5. The van der Waals surface area contributed by atoms with Crippen molar-refractivity contribution in [2.75, 3.05) is 49.6 Å². The van der Waals surface area contributed by atoms with Gasteiger partial charge in [-0.25, -0.2) is 15.0 Å². The first-order valence-electron chi connectivity index (χ1n) is 10.9. The van der Waals surface area contributed by atoms with Crippen LogP contribution in [0.15, 0.2) is 55.4 Å². The summed E-state index contributed by atoms with van der Waals surface area (Å²) in [6.07, 6.45) is 7.02. The van der Waals surface area contributed by atoms with Crippen LogP contribution in [-0.2, 0) is 9.59 Å². The van der Waals surface area contributed by atoms with E-state index in [1.165, 1.54) is 0 Å². The summed E-state index contributed by atoms with van der Waals surface area (Å²) in [5.74, 6) is 2.00. The Kier molecular flexibility index (Phi) is 5.64. The number of aromatic nitrogens is 4. The van der Waals surface area contributed by atoms with Crippen LogP contribution in [0.25, 0.3) is 5.82 Å². The Labute approximate surface area is 191 Å². The number of anilines is 2. The molecule has 2 fully saturated rings. The average Bonchev–Trinajstić information content (AvgIpc) is 3.54. The third kappa shape index (κ3) is 4.23. The molecule has 0 saturated carbocycles. The van der Waals surface area contributed by atoms with Gasteiger partial charge in [-0.05, 0) is 24.3 Å². The number of ether oxygens (including phenoxy) is 1. The molecule has 2 aliphatic heterocycles. The second kappa shape index (κ2) is 8.89. The molecule has 4 heterocycles. The minimum Gasteiger partial charge on any atom is -0.497 e. The number of carbonyl (C=O) groups excluding carboxylic acids is 2. The van der Waals surface area contributed by atoms with E-state index in [1.54, 1.807) is 30.9 Å². The normalized spacial score (nSPS) is 18.6. The van der Waals surface area contributed by atoms with E-state index in [4.69, 9.17) is 4.74 Å². The van der Waals surface area contributed by atoms with Crippen molar-refractivity contribution in [3.8, 4) is 11.6 Å². The highest BCUT2D eigenvalue weighted by Crippen LogP contribution is 2.28. The first-order valence-corrected chi connectivity index (χ1v) is 10.9. The van der Waals surface area contributed by atoms with Gasteiger partial charge in [0.2, 0.25) is 11.8 Å². The summed E-state index contributed by atoms with van der Waals surface area (Å²) in [4.78, 5) is 44.2. The monoisotopic (exact) mass is 447 g/mol. The summed E-state index contributed by atoms with van der Waals surface area (Å²) in [6, 6.07) is 9.26. The van der Waals surface area contributed by atoms with Crippen molar-refractivity contribution in [3.05, 3.63) is 55.4 Å². The van der Waals surface area contributed by atoms with E-state index in [0.29, 0.717) is 32.7 Å². The molecule has 0 spiro atoms. The Morgan fingerprint density at radius 2 is 1.82 bits per heavy atom. The number of hydrogen-bond acceptors (Lipinski definition) is 7. The smallest absolute Gasteiger partial charge is 0.228 e. The van der Waals surface area contributed by atoms with Gasteiger partial charge in [-0.3, -0.25) is 14.2 Å². The third-order valence-electron chi connectivity index (χ3n) is 6.18. The highest BCUT2D eigenvalue weighted by atomic mass is 16.5. The first-order chi connectivity index (χ1) is 16.1.